The summed E-state index contributed by atoms with van der Waals surface area (Å²) >= 11 is 1.52. The number of rotatable bonds is 5. The molecule has 1 atom stereocenters. The first-order valence-corrected chi connectivity index (χ1v) is 7.21. The summed E-state index contributed by atoms with van der Waals surface area (Å²) in [6, 6.07) is 0.623. The Morgan fingerprint density at radius 2 is 2.35 bits per heavy atom. The smallest absolute Gasteiger partial charge is 0.205 e. The standard InChI is InChI=1S/C12H22N4S/c1-9(2)7-16(8-11-5-4-6-13-11)12-14-10(3)15-17-12/h9,11,13H,4-8H2,1-3H3. The van der Waals surface area contributed by atoms with Gasteiger partial charge >= 0.3 is 0 Å². The van der Waals surface area contributed by atoms with Gasteiger partial charge in [-0.15, -0.1) is 0 Å². The molecule has 1 aromatic rings. The van der Waals surface area contributed by atoms with Gasteiger partial charge in [0.2, 0.25) is 5.13 Å². The molecular formula is C12H22N4S. The average Bonchev–Trinajstić information content (AvgIpc) is 2.87. The van der Waals surface area contributed by atoms with Crippen molar-refractivity contribution in [2.75, 3.05) is 24.5 Å². The van der Waals surface area contributed by atoms with E-state index in [-0.39, 0.29) is 0 Å². The lowest BCUT2D eigenvalue weighted by molar-refractivity contribution is 0.540. The van der Waals surface area contributed by atoms with Crippen molar-refractivity contribution < 1.29 is 0 Å². The van der Waals surface area contributed by atoms with E-state index >= 15 is 0 Å². The van der Waals surface area contributed by atoms with Gasteiger partial charge in [-0.3, -0.25) is 0 Å². The topological polar surface area (TPSA) is 41.1 Å². The van der Waals surface area contributed by atoms with Crippen LogP contribution in [0.15, 0.2) is 0 Å². The molecule has 17 heavy (non-hydrogen) atoms. The highest BCUT2D eigenvalue weighted by atomic mass is 32.1. The molecule has 0 radical (unpaired) electrons. The summed E-state index contributed by atoms with van der Waals surface area (Å²) in [5.74, 6) is 1.54. The minimum absolute atomic E-state index is 0.623. The predicted molar refractivity (Wildman–Crippen MR) is 72.7 cm³/mol. The van der Waals surface area contributed by atoms with Crippen molar-refractivity contribution >= 4 is 16.7 Å². The van der Waals surface area contributed by atoms with E-state index in [1.807, 2.05) is 6.92 Å². The number of anilines is 1. The first-order chi connectivity index (χ1) is 8.15. The number of hydrogen-bond acceptors (Lipinski definition) is 5. The highest BCUT2D eigenvalue weighted by molar-refractivity contribution is 7.09. The van der Waals surface area contributed by atoms with Crippen LogP contribution in [0.5, 0.6) is 0 Å². The van der Waals surface area contributed by atoms with Crippen molar-refractivity contribution in [1.82, 2.24) is 14.7 Å². The third kappa shape index (κ3) is 3.64. The second-order valence-electron chi connectivity index (χ2n) is 5.22. The molecule has 0 aromatic carbocycles. The Hall–Kier alpha value is -0.680. The van der Waals surface area contributed by atoms with Crippen molar-refractivity contribution in [3.63, 3.8) is 0 Å². The van der Waals surface area contributed by atoms with E-state index in [2.05, 4.69) is 33.4 Å². The molecule has 0 spiro atoms. The molecule has 2 heterocycles. The Morgan fingerprint density at radius 3 is 2.88 bits per heavy atom. The number of aromatic nitrogens is 2. The van der Waals surface area contributed by atoms with Crippen LogP contribution < -0.4 is 10.2 Å². The molecule has 5 heteroatoms. The molecule has 1 aliphatic heterocycles. The van der Waals surface area contributed by atoms with Gasteiger partial charge in [-0.05, 0) is 32.2 Å². The van der Waals surface area contributed by atoms with Crippen molar-refractivity contribution in [1.29, 1.82) is 0 Å². The van der Waals surface area contributed by atoms with Crippen LogP contribution in [0, 0.1) is 12.8 Å². The molecule has 0 aliphatic carbocycles. The lowest BCUT2D eigenvalue weighted by Gasteiger charge is -2.26. The molecule has 1 N–H and O–H groups in total. The molecule has 0 amide bonds. The highest BCUT2D eigenvalue weighted by Crippen LogP contribution is 2.20. The molecule has 0 saturated carbocycles. The molecule has 1 fully saturated rings. The Balaban J connectivity index is 2.01. The molecule has 2 rings (SSSR count). The fraction of sp³-hybridized carbons (Fsp3) is 0.833. The maximum atomic E-state index is 4.51. The Bertz CT molecular complexity index is 344. The van der Waals surface area contributed by atoms with Crippen LogP contribution in [0.25, 0.3) is 0 Å². The van der Waals surface area contributed by atoms with Crippen LogP contribution in [-0.2, 0) is 0 Å². The van der Waals surface area contributed by atoms with E-state index in [1.165, 1.54) is 24.4 Å². The zero-order valence-electron chi connectivity index (χ0n) is 10.9. The number of nitrogens with one attached hydrogen (secondary N) is 1. The summed E-state index contributed by atoms with van der Waals surface area (Å²) in [5.41, 5.74) is 0. The maximum absolute atomic E-state index is 4.51. The fourth-order valence-corrected chi connectivity index (χ4v) is 2.96. The van der Waals surface area contributed by atoms with Crippen LogP contribution in [0.2, 0.25) is 0 Å². The van der Waals surface area contributed by atoms with Gasteiger partial charge in [0.1, 0.15) is 5.82 Å². The molecular weight excluding hydrogens is 232 g/mol. The van der Waals surface area contributed by atoms with Crippen molar-refractivity contribution in [2.45, 2.75) is 39.7 Å². The summed E-state index contributed by atoms with van der Waals surface area (Å²) < 4.78 is 4.29. The summed E-state index contributed by atoms with van der Waals surface area (Å²) in [6.45, 7) is 9.75. The van der Waals surface area contributed by atoms with Gasteiger partial charge in [0.05, 0.1) is 0 Å². The number of nitrogens with zero attached hydrogens (tertiary/aromatic N) is 3. The first-order valence-electron chi connectivity index (χ1n) is 6.44. The van der Waals surface area contributed by atoms with Gasteiger partial charge in [-0.25, -0.2) is 4.98 Å². The molecule has 1 aliphatic rings. The lowest BCUT2D eigenvalue weighted by atomic mass is 10.2. The highest BCUT2D eigenvalue weighted by Gasteiger charge is 2.20. The zero-order chi connectivity index (χ0) is 12.3. The third-order valence-corrected chi connectivity index (χ3v) is 3.84. The molecule has 1 saturated heterocycles. The molecule has 1 unspecified atom stereocenters. The van der Waals surface area contributed by atoms with E-state index in [4.69, 9.17) is 0 Å². The van der Waals surface area contributed by atoms with Crippen LogP contribution >= 0.6 is 11.5 Å². The number of aryl methyl sites for hydroxylation is 1. The third-order valence-electron chi connectivity index (χ3n) is 2.98. The van der Waals surface area contributed by atoms with Gasteiger partial charge in [-0.1, -0.05) is 13.8 Å². The van der Waals surface area contributed by atoms with Gasteiger partial charge in [0, 0.05) is 30.7 Å². The molecule has 1 aromatic heterocycles. The van der Waals surface area contributed by atoms with Gasteiger partial charge < -0.3 is 10.2 Å². The van der Waals surface area contributed by atoms with Crippen LogP contribution in [0.4, 0.5) is 5.13 Å². The predicted octanol–water partition coefficient (Wildman–Crippen LogP) is 2.06. The molecule has 96 valence electrons. The second kappa shape index (κ2) is 5.78. The van der Waals surface area contributed by atoms with Gasteiger partial charge in [-0.2, -0.15) is 4.37 Å². The van der Waals surface area contributed by atoms with Crippen molar-refractivity contribution in [3.05, 3.63) is 5.82 Å². The number of hydrogen-bond donors (Lipinski definition) is 1. The first kappa shape index (κ1) is 12.8. The Morgan fingerprint density at radius 1 is 1.53 bits per heavy atom. The quantitative estimate of drug-likeness (QED) is 0.873. The zero-order valence-corrected chi connectivity index (χ0v) is 11.8. The monoisotopic (exact) mass is 254 g/mol. The molecule has 4 nitrogen and oxygen atoms in total. The average molecular weight is 254 g/mol. The Labute approximate surface area is 108 Å². The molecule has 0 bridgehead atoms. The largest absolute Gasteiger partial charge is 0.345 e. The van der Waals surface area contributed by atoms with E-state index in [0.29, 0.717) is 12.0 Å². The lowest BCUT2D eigenvalue weighted by Crippen LogP contribution is -2.39. The van der Waals surface area contributed by atoms with Crippen LogP contribution in [0.1, 0.15) is 32.5 Å². The Kier molecular flexibility index (Phi) is 4.34. The van der Waals surface area contributed by atoms with Crippen molar-refractivity contribution in [2.24, 2.45) is 5.92 Å². The summed E-state index contributed by atoms with van der Waals surface area (Å²) in [5, 5.41) is 4.63. The van der Waals surface area contributed by atoms with Crippen LogP contribution in [-0.4, -0.2) is 35.0 Å². The fourth-order valence-electron chi connectivity index (χ4n) is 2.26. The van der Waals surface area contributed by atoms with Crippen LogP contribution in [0.3, 0.4) is 0 Å². The van der Waals surface area contributed by atoms with Gasteiger partial charge in [0.15, 0.2) is 0 Å². The van der Waals surface area contributed by atoms with Gasteiger partial charge in [0.25, 0.3) is 0 Å². The summed E-state index contributed by atoms with van der Waals surface area (Å²) in [7, 11) is 0. The second-order valence-corrected chi connectivity index (χ2v) is 5.95. The van der Waals surface area contributed by atoms with E-state index in [1.54, 1.807) is 0 Å². The van der Waals surface area contributed by atoms with E-state index in [9.17, 15) is 0 Å². The minimum atomic E-state index is 0.623. The summed E-state index contributed by atoms with van der Waals surface area (Å²) in [4.78, 5) is 6.90. The van der Waals surface area contributed by atoms with Crippen molar-refractivity contribution in [3.8, 4) is 0 Å². The van der Waals surface area contributed by atoms with E-state index < -0.39 is 0 Å². The normalized spacial score (nSPS) is 20.1. The van der Waals surface area contributed by atoms with E-state index in [0.717, 1.165) is 30.6 Å². The maximum Gasteiger partial charge on any atom is 0.205 e. The SMILES string of the molecule is Cc1nsc(N(CC(C)C)CC2CCCN2)n1. The summed E-state index contributed by atoms with van der Waals surface area (Å²) in [6.07, 6.45) is 2.59. The minimum Gasteiger partial charge on any atom is -0.345 e.